The van der Waals surface area contributed by atoms with E-state index < -0.39 is 0 Å². The van der Waals surface area contributed by atoms with Crippen LogP contribution < -0.4 is 9.47 Å². The van der Waals surface area contributed by atoms with Gasteiger partial charge in [-0.1, -0.05) is 12.1 Å². The van der Waals surface area contributed by atoms with Crippen molar-refractivity contribution in [3.63, 3.8) is 0 Å². The van der Waals surface area contributed by atoms with E-state index in [-0.39, 0.29) is 5.97 Å². The van der Waals surface area contributed by atoms with E-state index in [1.807, 2.05) is 74.0 Å². The van der Waals surface area contributed by atoms with Gasteiger partial charge in [0.25, 0.3) is 0 Å². The molecule has 28 heavy (non-hydrogen) atoms. The van der Waals surface area contributed by atoms with Gasteiger partial charge in [0.05, 0.1) is 32.1 Å². The van der Waals surface area contributed by atoms with Crippen LogP contribution in [-0.4, -0.2) is 31.4 Å². The van der Waals surface area contributed by atoms with Crippen LogP contribution in [0.3, 0.4) is 0 Å². The summed E-state index contributed by atoms with van der Waals surface area (Å²) in [7, 11) is 5.24. The Labute approximate surface area is 165 Å². The average Bonchev–Trinajstić information content (AvgIpc) is 2.99. The molecule has 0 N–H and O–H groups in total. The minimum absolute atomic E-state index is 0.318. The molecule has 0 amide bonds. The van der Waals surface area contributed by atoms with Gasteiger partial charge >= 0.3 is 5.97 Å². The zero-order valence-electron chi connectivity index (χ0n) is 16.9. The minimum atomic E-state index is -0.318. The van der Waals surface area contributed by atoms with E-state index in [2.05, 4.69) is 0 Å². The number of methoxy groups -OCH3 is 2. The molecular formula is C23H25NO4. The van der Waals surface area contributed by atoms with Gasteiger partial charge in [0.2, 0.25) is 0 Å². The molecule has 0 unspecified atom stereocenters. The number of ether oxygens (including phenoxy) is 3. The molecule has 0 saturated carbocycles. The molecule has 146 valence electrons. The molecule has 0 fully saturated rings. The maximum atomic E-state index is 12.8. The summed E-state index contributed by atoms with van der Waals surface area (Å²) in [6.07, 6.45) is 0. The van der Waals surface area contributed by atoms with Gasteiger partial charge in [-0.3, -0.25) is 0 Å². The second-order valence-electron chi connectivity index (χ2n) is 6.42. The SMILES string of the molecule is CCOC(=O)c1c(-c2ccc(OC)cc2)c(-c2ccc(OC)cc2)n(C)c1C. The van der Waals surface area contributed by atoms with Gasteiger partial charge in [-0.2, -0.15) is 0 Å². The number of benzene rings is 2. The number of hydrogen-bond donors (Lipinski definition) is 0. The Morgan fingerprint density at radius 2 is 1.39 bits per heavy atom. The summed E-state index contributed by atoms with van der Waals surface area (Å²) in [6, 6.07) is 15.5. The first-order chi connectivity index (χ1) is 13.5. The Hall–Kier alpha value is -3.21. The average molecular weight is 379 g/mol. The van der Waals surface area contributed by atoms with Crippen molar-refractivity contribution in [2.45, 2.75) is 13.8 Å². The van der Waals surface area contributed by atoms with E-state index in [1.165, 1.54) is 0 Å². The van der Waals surface area contributed by atoms with Crippen LogP contribution in [0, 0.1) is 6.92 Å². The molecule has 0 spiro atoms. The van der Waals surface area contributed by atoms with Crippen molar-refractivity contribution in [1.82, 2.24) is 4.57 Å². The topological polar surface area (TPSA) is 49.7 Å². The van der Waals surface area contributed by atoms with Gasteiger partial charge in [0.15, 0.2) is 0 Å². The minimum Gasteiger partial charge on any atom is -0.497 e. The summed E-state index contributed by atoms with van der Waals surface area (Å²) < 4.78 is 18.0. The molecule has 3 rings (SSSR count). The lowest BCUT2D eigenvalue weighted by atomic mass is 9.96. The van der Waals surface area contributed by atoms with E-state index >= 15 is 0 Å². The van der Waals surface area contributed by atoms with Crippen LogP contribution in [0.15, 0.2) is 48.5 Å². The van der Waals surface area contributed by atoms with Crippen molar-refractivity contribution in [3.8, 4) is 33.9 Å². The van der Waals surface area contributed by atoms with Crippen molar-refractivity contribution in [2.24, 2.45) is 7.05 Å². The molecule has 0 aliphatic heterocycles. The van der Waals surface area contributed by atoms with Gasteiger partial charge in [0.1, 0.15) is 11.5 Å². The summed E-state index contributed by atoms with van der Waals surface area (Å²) in [6.45, 7) is 4.08. The zero-order valence-corrected chi connectivity index (χ0v) is 16.9. The highest BCUT2D eigenvalue weighted by atomic mass is 16.5. The van der Waals surface area contributed by atoms with E-state index in [0.29, 0.717) is 12.2 Å². The van der Waals surface area contributed by atoms with Crippen molar-refractivity contribution < 1.29 is 19.0 Å². The maximum absolute atomic E-state index is 12.8. The number of carbonyl (C=O) groups excluding carboxylic acids is 1. The molecule has 0 atom stereocenters. The van der Waals surface area contributed by atoms with E-state index in [0.717, 1.165) is 39.6 Å². The number of esters is 1. The number of hydrogen-bond acceptors (Lipinski definition) is 4. The second-order valence-corrected chi connectivity index (χ2v) is 6.42. The Morgan fingerprint density at radius 1 is 0.893 bits per heavy atom. The maximum Gasteiger partial charge on any atom is 0.340 e. The van der Waals surface area contributed by atoms with Crippen molar-refractivity contribution in [3.05, 3.63) is 59.8 Å². The van der Waals surface area contributed by atoms with Crippen molar-refractivity contribution in [2.75, 3.05) is 20.8 Å². The molecule has 2 aromatic carbocycles. The van der Waals surface area contributed by atoms with Crippen LogP contribution in [0.5, 0.6) is 11.5 Å². The Kier molecular flexibility index (Phi) is 5.73. The third-order valence-electron chi connectivity index (χ3n) is 4.91. The van der Waals surface area contributed by atoms with Gasteiger partial charge in [-0.05, 0) is 61.4 Å². The van der Waals surface area contributed by atoms with Crippen LogP contribution >= 0.6 is 0 Å². The number of carbonyl (C=O) groups is 1. The van der Waals surface area contributed by atoms with E-state index in [4.69, 9.17) is 14.2 Å². The third-order valence-corrected chi connectivity index (χ3v) is 4.91. The lowest BCUT2D eigenvalue weighted by Crippen LogP contribution is -2.07. The number of aromatic nitrogens is 1. The summed E-state index contributed by atoms with van der Waals surface area (Å²) in [5.41, 5.74) is 5.17. The zero-order chi connectivity index (χ0) is 20.3. The highest BCUT2D eigenvalue weighted by Gasteiger charge is 2.26. The lowest BCUT2D eigenvalue weighted by Gasteiger charge is -2.11. The quantitative estimate of drug-likeness (QED) is 0.574. The van der Waals surface area contributed by atoms with Gasteiger partial charge in [-0.25, -0.2) is 4.79 Å². The van der Waals surface area contributed by atoms with Gasteiger partial charge < -0.3 is 18.8 Å². The Bertz CT molecular complexity index is 969. The first-order valence-electron chi connectivity index (χ1n) is 9.17. The van der Waals surface area contributed by atoms with E-state index in [9.17, 15) is 4.79 Å². The Morgan fingerprint density at radius 3 is 1.86 bits per heavy atom. The molecular weight excluding hydrogens is 354 g/mol. The van der Waals surface area contributed by atoms with Crippen molar-refractivity contribution in [1.29, 1.82) is 0 Å². The monoisotopic (exact) mass is 379 g/mol. The molecule has 1 heterocycles. The number of rotatable bonds is 6. The van der Waals surface area contributed by atoms with Gasteiger partial charge in [0, 0.05) is 18.3 Å². The first-order valence-corrected chi connectivity index (χ1v) is 9.17. The highest BCUT2D eigenvalue weighted by molar-refractivity contribution is 6.03. The highest BCUT2D eigenvalue weighted by Crippen LogP contribution is 2.40. The van der Waals surface area contributed by atoms with E-state index in [1.54, 1.807) is 14.2 Å². The lowest BCUT2D eigenvalue weighted by molar-refractivity contribution is 0.0526. The van der Waals surface area contributed by atoms with Crippen LogP contribution in [0.2, 0.25) is 0 Å². The first kappa shape index (κ1) is 19.5. The van der Waals surface area contributed by atoms with Crippen LogP contribution in [0.25, 0.3) is 22.4 Å². The largest absolute Gasteiger partial charge is 0.497 e. The molecule has 0 aliphatic carbocycles. The standard InChI is InChI=1S/C23H25NO4/c1-6-28-23(25)20-15(2)24(3)22(17-9-13-19(27-5)14-10-17)21(20)16-7-11-18(26-4)12-8-16/h7-14H,6H2,1-5H3. The smallest absolute Gasteiger partial charge is 0.340 e. The molecule has 1 aromatic heterocycles. The summed E-state index contributed by atoms with van der Waals surface area (Å²) in [5, 5.41) is 0. The third kappa shape index (κ3) is 3.48. The summed E-state index contributed by atoms with van der Waals surface area (Å²) in [5.74, 6) is 1.23. The van der Waals surface area contributed by atoms with Crippen LogP contribution in [0.4, 0.5) is 0 Å². The molecule has 5 nitrogen and oxygen atoms in total. The fourth-order valence-electron chi connectivity index (χ4n) is 3.38. The van der Waals surface area contributed by atoms with Gasteiger partial charge in [-0.15, -0.1) is 0 Å². The molecule has 0 aliphatic rings. The Balaban J connectivity index is 2.27. The second kappa shape index (κ2) is 8.21. The predicted molar refractivity (Wildman–Crippen MR) is 110 cm³/mol. The molecule has 0 radical (unpaired) electrons. The predicted octanol–water partition coefficient (Wildman–Crippen LogP) is 4.86. The molecule has 0 saturated heterocycles. The van der Waals surface area contributed by atoms with Crippen LogP contribution in [0.1, 0.15) is 23.0 Å². The molecule has 5 heteroatoms. The molecule has 0 bridgehead atoms. The summed E-state index contributed by atoms with van der Waals surface area (Å²) >= 11 is 0. The fraction of sp³-hybridized carbons (Fsp3) is 0.261. The normalized spacial score (nSPS) is 10.6. The summed E-state index contributed by atoms with van der Waals surface area (Å²) in [4.78, 5) is 12.8. The fourth-order valence-corrected chi connectivity index (χ4v) is 3.38. The van der Waals surface area contributed by atoms with Crippen LogP contribution in [-0.2, 0) is 11.8 Å². The van der Waals surface area contributed by atoms with Crippen molar-refractivity contribution >= 4 is 5.97 Å². The molecule has 3 aromatic rings. The number of nitrogens with zero attached hydrogens (tertiary/aromatic N) is 1.